The van der Waals surface area contributed by atoms with E-state index in [1.165, 1.54) is 6.92 Å². The second kappa shape index (κ2) is 4.73. The Hall–Kier alpha value is -1.92. The molecule has 2 N–H and O–H groups in total. The first-order chi connectivity index (χ1) is 7.45. The van der Waals surface area contributed by atoms with Crippen molar-refractivity contribution in [2.75, 3.05) is 5.73 Å². The summed E-state index contributed by atoms with van der Waals surface area (Å²) in [6.07, 6.45) is 0.563. The van der Waals surface area contributed by atoms with Gasteiger partial charge < -0.3 is 10.5 Å². The number of aryl methyl sites for hydroxylation is 1. The number of nitrogens with two attached hydrogens (primary N) is 1. The Labute approximate surface area is 92.8 Å². The highest BCUT2D eigenvalue weighted by Crippen LogP contribution is 2.28. The van der Waals surface area contributed by atoms with E-state index in [0.717, 1.165) is 6.42 Å². The maximum absolute atomic E-state index is 10.8. The van der Waals surface area contributed by atoms with E-state index in [2.05, 4.69) is 9.97 Å². The number of rotatable bonds is 4. The number of anilines is 1. The molecule has 1 aromatic rings. The summed E-state index contributed by atoms with van der Waals surface area (Å²) in [7, 11) is 0. The number of nitrogens with zero attached hydrogens (tertiary/aromatic N) is 3. The minimum absolute atomic E-state index is 0.0265. The molecule has 0 fully saturated rings. The van der Waals surface area contributed by atoms with Crippen molar-refractivity contribution in [1.82, 2.24) is 9.97 Å². The largest absolute Gasteiger partial charge is 0.470 e. The van der Waals surface area contributed by atoms with Crippen molar-refractivity contribution in [3.63, 3.8) is 0 Å². The van der Waals surface area contributed by atoms with Crippen LogP contribution in [0.3, 0.4) is 0 Å². The molecule has 0 aromatic carbocycles. The summed E-state index contributed by atoms with van der Waals surface area (Å²) in [6, 6.07) is 0. The normalized spacial score (nSPS) is 12.2. The number of nitro groups is 1. The highest BCUT2D eigenvalue weighted by Gasteiger charge is 2.24. The monoisotopic (exact) mass is 226 g/mol. The third-order valence-electron chi connectivity index (χ3n) is 2.11. The van der Waals surface area contributed by atoms with Crippen molar-refractivity contribution in [3.8, 4) is 5.88 Å². The molecule has 1 rings (SSSR count). The van der Waals surface area contributed by atoms with Crippen LogP contribution in [0.4, 0.5) is 11.6 Å². The van der Waals surface area contributed by atoms with Crippen LogP contribution in [0.15, 0.2) is 0 Å². The quantitative estimate of drug-likeness (QED) is 0.615. The van der Waals surface area contributed by atoms with E-state index < -0.39 is 4.92 Å². The van der Waals surface area contributed by atoms with Crippen LogP contribution in [0.25, 0.3) is 0 Å². The summed E-state index contributed by atoms with van der Waals surface area (Å²) in [6.45, 7) is 5.21. The predicted molar refractivity (Wildman–Crippen MR) is 58.2 cm³/mol. The molecule has 0 bridgehead atoms. The molecule has 1 aromatic heterocycles. The van der Waals surface area contributed by atoms with E-state index in [1.807, 2.05) is 6.92 Å². The summed E-state index contributed by atoms with van der Waals surface area (Å²) in [5.41, 5.74) is 5.40. The second-order valence-corrected chi connectivity index (χ2v) is 3.41. The fourth-order valence-corrected chi connectivity index (χ4v) is 1.13. The van der Waals surface area contributed by atoms with Gasteiger partial charge in [0.1, 0.15) is 5.69 Å². The molecular formula is C9H14N4O3. The number of hydrogen-bond acceptors (Lipinski definition) is 6. The average molecular weight is 226 g/mol. The van der Waals surface area contributed by atoms with E-state index in [0.29, 0.717) is 0 Å². The van der Waals surface area contributed by atoms with Crippen LogP contribution in [-0.2, 0) is 0 Å². The van der Waals surface area contributed by atoms with Gasteiger partial charge in [-0.15, -0.1) is 0 Å². The van der Waals surface area contributed by atoms with Crippen LogP contribution in [0, 0.1) is 17.0 Å². The van der Waals surface area contributed by atoms with E-state index in [1.54, 1.807) is 6.92 Å². The van der Waals surface area contributed by atoms with Crippen LogP contribution >= 0.6 is 0 Å². The van der Waals surface area contributed by atoms with Gasteiger partial charge in [0.2, 0.25) is 5.95 Å². The fourth-order valence-electron chi connectivity index (χ4n) is 1.13. The maximum Gasteiger partial charge on any atom is 0.352 e. The smallest absolute Gasteiger partial charge is 0.352 e. The van der Waals surface area contributed by atoms with Gasteiger partial charge in [0.25, 0.3) is 5.88 Å². The fraction of sp³-hybridized carbons (Fsp3) is 0.556. The summed E-state index contributed by atoms with van der Waals surface area (Å²) < 4.78 is 5.34. The lowest BCUT2D eigenvalue weighted by Crippen LogP contribution is -2.14. The lowest BCUT2D eigenvalue weighted by atomic mass is 10.3. The molecular weight excluding hydrogens is 212 g/mol. The Bertz CT molecular complexity index is 408. The Balaban J connectivity index is 3.19. The molecule has 7 nitrogen and oxygen atoms in total. The first-order valence-electron chi connectivity index (χ1n) is 4.90. The van der Waals surface area contributed by atoms with Crippen molar-refractivity contribution in [2.45, 2.75) is 33.3 Å². The number of ether oxygens (including phenoxy) is 1. The van der Waals surface area contributed by atoms with Crippen LogP contribution in [-0.4, -0.2) is 21.0 Å². The van der Waals surface area contributed by atoms with Gasteiger partial charge in [0, 0.05) is 0 Å². The van der Waals surface area contributed by atoms with Crippen LogP contribution in [0.2, 0.25) is 0 Å². The number of hydrogen-bond donors (Lipinski definition) is 1. The van der Waals surface area contributed by atoms with Gasteiger partial charge in [-0.2, -0.15) is 4.98 Å². The molecule has 0 aliphatic carbocycles. The summed E-state index contributed by atoms with van der Waals surface area (Å²) >= 11 is 0. The van der Waals surface area contributed by atoms with E-state index in [4.69, 9.17) is 10.5 Å². The van der Waals surface area contributed by atoms with Gasteiger partial charge in [-0.05, 0) is 20.3 Å². The first-order valence-corrected chi connectivity index (χ1v) is 4.90. The summed E-state index contributed by atoms with van der Waals surface area (Å²) in [4.78, 5) is 17.7. The topological polar surface area (TPSA) is 104 Å². The Morgan fingerprint density at radius 3 is 2.69 bits per heavy atom. The molecule has 0 amide bonds. The van der Waals surface area contributed by atoms with Gasteiger partial charge >= 0.3 is 5.69 Å². The lowest BCUT2D eigenvalue weighted by molar-refractivity contribution is -0.387. The zero-order valence-electron chi connectivity index (χ0n) is 9.43. The molecule has 1 atom stereocenters. The molecule has 0 aliphatic heterocycles. The average Bonchev–Trinajstić information content (AvgIpc) is 2.15. The molecule has 16 heavy (non-hydrogen) atoms. The van der Waals surface area contributed by atoms with Gasteiger partial charge in [0.05, 0.1) is 11.0 Å². The zero-order chi connectivity index (χ0) is 12.3. The number of aromatic nitrogens is 2. The minimum Gasteiger partial charge on any atom is -0.470 e. The molecule has 0 saturated carbocycles. The van der Waals surface area contributed by atoms with Crippen molar-refractivity contribution in [1.29, 1.82) is 0 Å². The van der Waals surface area contributed by atoms with E-state index in [-0.39, 0.29) is 29.3 Å². The highest BCUT2D eigenvalue weighted by molar-refractivity contribution is 5.47. The Morgan fingerprint density at radius 1 is 1.56 bits per heavy atom. The zero-order valence-corrected chi connectivity index (χ0v) is 9.43. The molecule has 0 saturated heterocycles. The van der Waals surface area contributed by atoms with Gasteiger partial charge in [-0.25, -0.2) is 4.98 Å². The SMILES string of the molecule is CCC(C)Oc1nc(N)nc(C)c1[N+](=O)[O-]. The molecule has 7 heteroatoms. The molecule has 0 radical (unpaired) electrons. The van der Waals surface area contributed by atoms with Gasteiger partial charge in [-0.1, -0.05) is 6.92 Å². The van der Waals surface area contributed by atoms with Crippen molar-refractivity contribution in [3.05, 3.63) is 15.8 Å². The van der Waals surface area contributed by atoms with Crippen molar-refractivity contribution >= 4 is 11.6 Å². The van der Waals surface area contributed by atoms with Gasteiger partial charge in [-0.3, -0.25) is 10.1 Å². The molecule has 1 heterocycles. The minimum atomic E-state index is -0.563. The maximum atomic E-state index is 10.8. The Morgan fingerprint density at radius 2 is 2.19 bits per heavy atom. The van der Waals surface area contributed by atoms with Gasteiger partial charge in [0.15, 0.2) is 0 Å². The number of nitrogen functional groups attached to an aromatic ring is 1. The van der Waals surface area contributed by atoms with Crippen LogP contribution < -0.4 is 10.5 Å². The van der Waals surface area contributed by atoms with Crippen molar-refractivity contribution in [2.24, 2.45) is 0 Å². The van der Waals surface area contributed by atoms with E-state index in [9.17, 15) is 10.1 Å². The first kappa shape index (κ1) is 12.2. The van der Waals surface area contributed by atoms with Crippen LogP contribution in [0.1, 0.15) is 26.0 Å². The molecule has 88 valence electrons. The van der Waals surface area contributed by atoms with E-state index >= 15 is 0 Å². The van der Waals surface area contributed by atoms with Crippen LogP contribution in [0.5, 0.6) is 5.88 Å². The van der Waals surface area contributed by atoms with Crippen molar-refractivity contribution < 1.29 is 9.66 Å². The third kappa shape index (κ3) is 2.56. The summed E-state index contributed by atoms with van der Waals surface area (Å²) in [5.74, 6) is -0.0919. The molecule has 1 unspecified atom stereocenters. The molecule has 0 aliphatic rings. The summed E-state index contributed by atoms with van der Waals surface area (Å²) in [5, 5.41) is 10.8. The Kier molecular flexibility index (Phi) is 3.60. The third-order valence-corrected chi connectivity index (χ3v) is 2.11. The lowest BCUT2D eigenvalue weighted by Gasteiger charge is -2.12. The predicted octanol–water partition coefficient (Wildman–Crippen LogP) is 1.45. The molecule has 0 spiro atoms. The highest BCUT2D eigenvalue weighted by atomic mass is 16.6. The standard InChI is InChI=1S/C9H14N4O3/c1-4-5(2)16-8-7(13(14)15)6(3)11-9(10)12-8/h5H,4H2,1-3H3,(H2,10,11,12). The second-order valence-electron chi connectivity index (χ2n) is 3.41.